The van der Waals surface area contributed by atoms with Gasteiger partial charge >= 0.3 is 0 Å². The standard InChI is InChI=1S/C17H24N2O/c1-19(16-7-3-6-15(16)11-18)17(20)14-9-8-12-4-2-5-13(12)10-14/h8-10,15-16H,2-7,11,18H2,1H3. The molecule has 1 aromatic carbocycles. The average Bonchev–Trinajstić information content (AvgIpc) is 3.12. The Hall–Kier alpha value is -1.35. The van der Waals surface area contributed by atoms with Crippen molar-refractivity contribution in [3.63, 3.8) is 0 Å². The van der Waals surface area contributed by atoms with E-state index in [2.05, 4.69) is 12.1 Å². The van der Waals surface area contributed by atoms with E-state index in [0.717, 1.165) is 31.2 Å². The molecule has 0 radical (unpaired) electrons. The van der Waals surface area contributed by atoms with Gasteiger partial charge in [-0.25, -0.2) is 0 Å². The molecule has 1 saturated carbocycles. The molecule has 0 spiro atoms. The molecule has 0 bridgehead atoms. The first-order chi connectivity index (χ1) is 9.70. The minimum atomic E-state index is 0.157. The lowest BCUT2D eigenvalue weighted by atomic mass is 10.0. The van der Waals surface area contributed by atoms with E-state index < -0.39 is 0 Å². The Morgan fingerprint density at radius 2 is 2.05 bits per heavy atom. The summed E-state index contributed by atoms with van der Waals surface area (Å²) in [6.45, 7) is 0.687. The second-order valence-corrected chi connectivity index (χ2v) is 6.25. The topological polar surface area (TPSA) is 46.3 Å². The molecular weight excluding hydrogens is 248 g/mol. The van der Waals surface area contributed by atoms with E-state index in [9.17, 15) is 4.79 Å². The maximum Gasteiger partial charge on any atom is 0.253 e. The molecule has 2 atom stereocenters. The highest BCUT2D eigenvalue weighted by Crippen LogP contribution is 2.30. The van der Waals surface area contributed by atoms with Crippen LogP contribution < -0.4 is 5.73 Å². The van der Waals surface area contributed by atoms with Crippen LogP contribution in [0.2, 0.25) is 0 Å². The van der Waals surface area contributed by atoms with Gasteiger partial charge in [-0.2, -0.15) is 0 Å². The number of aryl methyl sites for hydroxylation is 2. The number of carbonyl (C=O) groups is 1. The zero-order chi connectivity index (χ0) is 14.1. The first-order valence-corrected chi connectivity index (χ1v) is 7.79. The largest absolute Gasteiger partial charge is 0.338 e. The van der Waals surface area contributed by atoms with Crippen LogP contribution in [-0.4, -0.2) is 30.4 Å². The minimum absolute atomic E-state index is 0.157. The molecule has 3 rings (SSSR count). The Kier molecular flexibility index (Phi) is 3.79. The van der Waals surface area contributed by atoms with Gasteiger partial charge in [0.05, 0.1) is 0 Å². The van der Waals surface area contributed by atoms with Gasteiger partial charge in [-0.3, -0.25) is 4.79 Å². The van der Waals surface area contributed by atoms with E-state index in [4.69, 9.17) is 5.73 Å². The molecule has 0 saturated heterocycles. The zero-order valence-corrected chi connectivity index (χ0v) is 12.3. The molecule has 2 unspecified atom stereocenters. The minimum Gasteiger partial charge on any atom is -0.338 e. The SMILES string of the molecule is CN(C(=O)c1ccc2c(c1)CCC2)C1CCCC1CN. The van der Waals surface area contributed by atoms with Crippen molar-refractivity contribution < 1.29 is 4.79 Å². The average molecular weight is 272 g/mol. The molecule has 2 N–H and O–H groups in total. The van der Waals surface area contributed by atoms with Crippen LogP contribution in [0, 0.1) is 5.92 Å². The molecule has 1 amide bonds. The number of carbonyl (C=O) groups excluding carboxylic acids is 1. The van der Waals surface area contributed by atoms with Gasteiger partial charge in [0.15, 0.2) is 0 Å². The van der Waals surface area contributed by atoms with E-state index in [1.165, 1.54) is 24.0 Å². The van der Waals surface area contributed by atoms with Crippen LogP contribution in [0.1, 0.15) is 47.2 Å². The summed E-state index contributed by atoms with van der Waals surface area (Å²) in [7, 11) is 1.94. The van der Waals surface area contributed by atoms with Crippen LogP contribution in [-0.2, 0) is 12.8 Å². The number of hydrogen-bond acceptors (Lipinski definition) is 2. The van der Waals surface area contributed by atoms with E-state index in [-0.39, 0.29) is 5.91 Å². The van der Waals surface area contributed by atoms with Crippen molar-refractivity contribution in [2.75, 3.05) is 13.6 Å². The molecule has 3 nitrogen and oxygen atoms in total. The monoisotopic (exact) mass is 272 g/mol. The smallest absolute Gasteiger partial charge is 0.253 e. The van der Waals surface area contributed by atoms with Gasteiger partial charge in [-0.05, 0) is 67.8 Å². The van der Waals surface area contributed by atoms with Gasteiger partial charge < -0.3 is 10.6 Å². The van der Waals surface area contributed by atoms with Crippen molar-refractivity contribution >= 4 is 5.91 Å². The van der Waals surface area contributed by atoms with Crippen LogP contribution in [0.4, 0.5) is 0 Å². The summed E-state index contributed by atoms with van der Waals surface area (Å²) in [6, 6.07) is 6.56. The van der Waals surface area contributed by atoms with Crippen molar-refractivity contribution in [2.24, 2.45) is 11.7 Å². The highest BCUT2D eigenvalue weighted by molar-refractivity contribution is 5.94. The maximum absolute atomic E-state index is 12.7. The third-order valence-corrected chi connectivity index (χ3v) is 5.08. The van der Waals surface area contributed by atoms with Crippen molar-refractivity contribution in [3.8, 4) is 0 Å². The predicted molar refractivity (Wildman–Crippen MR) is 80.7 cm³/mol. The van der Waals surface area contributed by atoms with Gasteiger partial charge in [0.2, 0.25) is 0 Å². The molecule has 2 aliphatic carbocycles. The molecular formula is C17H24N2O. The zero-order valence-electron chi connectivity index (χ0n) is 12.3. The van der Waals surface area contributed by atoms with Gasteiger partial charge in [-0.1, -0.05) is 12.5 Å². The molecule has 0 heterocycles. The fourth-order valence-corrected chi connectivity index (χ4v) is 3.86. The summed E-state index contributed by atoms with van der Waals surface area (Å²) < 4.78 is 0. The van der Waals surface area contributed by atoms with Crippen LogP contribution >= 0.6 is 0 Å². The van der Waals surface area contributed by atoms with Gasteiger partial charge in [0, 0.05) is 18.7 Å². The lowest BCUT2D eigenvalue weighted by Gasteiger charge is -2.29. The van der Waals surface area contributed by atoms with Crippen molar-refractivity contribution in [3.05, 3.63) is 34.9 Å². The highest BCUT2D eigenvalue weighted by Gasteiger charge is 2.32. The van der Waals surface area contributed by atoms with Crippen molar-refractivity contribution in [1.82, 2.24) is 4.90 Å². The van der Waals surface area contributed by atoms with Crippen molar-refractivity contribution in [1.29, 1.82) is 0 Å². The summed E-state index contributed by atoms with van der Waals surface area (Å²) in [5.74, 6) is 0.628. The Bertz CT molecular complexity index is 512. The Morgan fingerprint density at radius 1 is 1.25 bits per heavy atom. The van der Waals surface area contributed by atoms with E-state index in [1.807, 2.05) is 18.0 Å². The molecule has 3 heteroatoms. The predicted octanol–water partition coefficient (Wildman–Crippen LogP) is 2.37. The Morgan fingerprint density at radius 3 is 2.85 bits per heavy atom. The second kappa shape index (κ2) is 5.57. The summed E-state index contributed by atoms with van der Waals surface area (Å²) in [5, 5.41) is 0. The Labute approximate surface area is 121 Å². The summed E-state index contributed by atoms with van der Waals surface area (Å²) in [5.41, 5.74) is 9.47. The lowest BCUT2D eigenvalue weighted by molar-refractivity contribution is 0.0700. The van der Waals surface area contributed by atoms with E-state index in [0.29, 0.717) is 18.5 Å². The second-order valence-electron chi connectivity index (χ2n) is 6.25. The van der Waals surface area contributed by atoms with Crippen LogP contribution in [0.5, 0.6) is 0 Å². The number of hydrogen-bond donors (Lipinski definition) is 1. The third kappa shape index (κ3) is 2.35. The van der Waals surface area contributed by atoms with Crippen molar-refractivity contribution in [2.45, 2.75) is 44.6 Å². The molecule has 0 aromatic heterocycles. The van der Waals surface area contributed by atoms with Crippen LogP contribution in [0.15, 0.2) is 18.2 Å². The Balaban J connectivity index is 1.78. The number of benzene rings is 1. The highest BCUT2D eigenvalue weighted by atomic mass is 16.2. The quantitative estimate of drug-likeness (QED) is 0.918. The molecule has 1 fully saturated rings. The number of nitrogens with zero attached hydrogens (tertiary/aromatic N) is 1. The number of rotatable bonds is 3. The fourth-order valence-electron chi connectivity index (χ4n) is 3.86. The first-order valence-electron chi connectivity index (χ1n) is 7.79. The fraction of sp³-hybridized carbons (Fsp3) is 0.588. The first kappa shape index (κ1) is 13.6. The van der Waals surface area contributed by atoms with Gasteiger partial charge in [-0.15, -0.1) is 0 Å². The summed E-state index contributed by atoms with van der Waals surface area (Å²) in [4.78, 5) is 14.6. The summed E-state index contributed by atoms with van der Waals surface area (Å²) in [6.07, 6.45) is 6.94. The molecule has 0 aliphatic heterocycles. The number of amides is 1. The lowest BCUT2D eigenvalue weighted by Crippen LogP contribution is -2.41. The molecule has 108 valence electrons. The third-order valence-electron chi connectivity index (χ3n) is 5.08. The van der Waals surface area contributed by atoms with Gasteiger partial charge in [0.1, 0.15) is 0 Å². The van der Waals surface area contributed by atoms with E-state index >= 15 is 0 Å². The van der Waals surface area contributed by atoms with Gasteiger partial charge in [0.25, 0.3) is 5.91 Å². The molecule has 1 aromatic rings. The number of nitrogens with two attached hydrogens (primary N) is 1. The van der Waals surface area contributed by atoms with Crippen LogP contribution in [0.25, 0.3) is 0 Å². The van der Waals surface area contributed by atoms with E-state index in [1.54, 1.807) is 0 Å². The normalized spacial score (nSPS) is 24.7. The maximum atomic E-state index is 12.7. The molecule has 2 aliphatic rings. The molecule has 20 heavy (non-hydrogen) atoms. The summed E-state index contributed by atoms with van der Waals surface area (Å²) >= 11 is 0. The number of fused-ring (bicyclic) bond motifs is 1. The van der Waals surface area contributed by atoms with Crippen LogP contribution in [0.3, 0.4) is 0 Å².